The molecule has 30 heavy (non-hydrogen) atoms. The van der Waals surface area contributed by atoms with Gasteiger partial charge >= 0.3 is 0 Å². The molecule has 0 saturated carbocycles. The monoisotopic (exact) mass is 378 g/mol. The lowest BCUT2D eigenvalue weighted by Crippen LogP contribution is -1.87. The van der Waals surface area contributed by atoms with E-state index in [1.807, 2.05) is 0 Å². The molecule has 0 aliphatic carbocycles. The van der Waals surface area contributed by atoms with Crippen LogP contribution in [0.2, 0.25) is 0 Å². The Morgan fingerprint density at radius 2 is 0.667 bits per heavy atom. The van der Waals surface area contributed by atoms with Gasteiger partial charge in [-0.2, -0.15) is 0 Å². The summed E-state index contributed by atoms with van der Waals surface area (Å²) in [5.41, 5.74) is 0. The summed E-state index contributed by atoms with van der Waals surface area (Å²) in [4.78, 5) is 0. The molecule has 7 aromatic carbocycles. The molecule has 7 rings (SSSR count). The van der Waals surface area contributed by atoms with Crippen molar-refractivity contribution in [3.05, 3.63) is 109 Å². The van der Waals surface area contributed by atoms with Gasteiger partial charge in [-0.3, -0.25) is 0 Å². The van der Waals surface area contributed by atoms with Crippen LogP contribution in [0, 0.1) is 0 Å². The normalized spacial score (nSPS) is 12.0. The van der Waals surface area contributed by atoms with Crippen molar-refractivity contribution in [3.8, 4) is 0 Å². The molecule has 0 N–H and O–H groups in total. The SMILES string of the molecule is c1ccc2cc3c(cc2c1)c1c2ccccc2ccc1c1ccc2ccccc2c13. The minimum absolute atomic E-state index is 1.29. The standard InChI is InChI=1S/C30H18/c1-2-10-22-18-28-27(17-21(22)9-1)29-23-11-5-3-7-19(23)13-15-25(29)26-16-14-20-8-4-6-12-24(20)30(26)28/h1-18H. The fraction of sp³-hybridized carbons (Fsp3) is 0. The van der Waals surface area contributed by atoms with E-state index in [1.165, 1.54) is 64.6 Å². The van der Waals surface area contributed by atoms with E-state index in [9.17, 15) is 0 Å². The second-order valence-corrected chi connectivity index (χ2v) is 8.16. The third-order valence-corrected chi connectivity index (χ3v) is 6.57. The Labute approximate surface area is 174 Å². The smallest absolute Gasteiger partial charge is 0.00201 e. The van der Waals surface area contributed by atoms with E-state index in [-0.39, 0.29) is 0 Å². The lowest BCUT2D eigenvalue weighted by molar-refractivity contribution is 1.78. The van der Waals surface area contributed by atoms with Gasteiger partial charge in [0.2, 0.25) is 0 Å². The van der Waals surface area contributed by atoms with Gasteiger partial charge in [-0.15, -0.1) is 0 Å². The number of hydrogen-bond donors (Lipinski definition) is 0. The molecule has 0 radical (unpaired) electrons. The molecular formula is C30H18. The number of rotatable bonds is 0. The molecule has 0 fully saturated rings. The van der Waals surface area contributed by atoms with E-state index in [0.29, 0.717) is 0 Å². The minimum Gasteiger partial charge on any atom is -0.0616 e. The van der Waals surface area contributed by atoms with Gasteiger partial charge in [0.1, 0.15) is 0 Å². The molecule has 0 bridgehead atoms. The molecule has 0 aliphatic rings. The molecule has 0 aliphatic heterocycles. The van der Waals surface area contributed by atoms with E-state index >= 15 is 0 Å². The van der Waals surface area contributed by atoms with Gasteiger partial charge in [0.05, 0.1) is 0 Å². The van der Waals surface area contributed by atoms with Crippen LogP contribution >= 0.6 is 0 Å². The molecule has 0 nitrogen and oxygen atoms in total. The first-order valence-corrected chi connectivity index (χ1v) is 10.5. The second kappa shape index (κ2) is 5.81. The Bertz CT molecular complexity index is 1650. The van der Waals surface area contributed by atoms with Crippen LogP contribution in [0.1, 0.15) is 0 Å². The molecule has 7 aromatic rings. The van der Waals surface area contributed by atoms with Crippen LogP contribution < -0.4 is 0 Å². The first-order chi connectivity index (χ1) is 14.9. The topological polar surface area (TPSA) is 0 Å². The van der Waals surface area contributed by atoms with Crippen LogP contribution in [0.3, 0.4) is 0 Å². The van der Waals surface area contributed by atoms with Crippen molar-refractivity contribution in [2.24, 2.45) is 0 Å². The van der Waals surface area contributed by atoms with Gasteiger partial charge in [-0.05, 0) is 76.8 Å². The lowest BCUT2D eigenvalue weighted by Gasteiger charge is -2.15. The fourth-order valence-corrected chi connectivity index (χ4v) is 5.23. The molecular weight excluding hydrogens is 360 g/mol. The van der Waals surface area contributed by atoms with Gasteiger partial charge in [0, 0.05) is 0 Å². The number of hydrogen-bond acceptors (Lipinski definition) is 0. The predicted molar refractivity (Wildman–Crippen MR) is 131 cm³/mol. The average Bonchev–Trinajstić information content (AvgIpc) is 2.82. The summed E-state index contributed by atoms with van der Waals surface area (Å²) >= 11 is 0. The van der Waals surface area contributed by atoms with Crippen molar-refractivity contribution >= 4 is 64.6 Å². The molecule has 0 saturated heterocycles. The van der Waals surface area contributed by atoms with Gasteiger partial charge < -0.3 is 0 Å². The van der Waals surface area contributed by atoms with Gasteiger partial charge in [-0.25, -0.2) is 0 Å². The lowest BCUT2D eigenvalue weighted by atomic mass is 9.88. The molecule has 0 heterocycles. The van der Waals surface area contributed by atoms with Gasteiger partial charge in [-0.1, -0.05) is 97.1 Å². The van der Waals surface area contributed by atoms with Crippen molar-refractivity contribution < 1.29 is 0 Å². The quantitative estimate of drug-likeness (QED) is 0.183. The summed E-state index contributed by atoms with van der Waals surface area (Å²) < 4.78 is 0. The van der Waals surface area contributed by atoms with E-state index in [4.69, 9.17) is 0 Å². The summed E-state index contributed by atoms with van der Waals surface area (Å²) in [5.74, 6) is 0. The first kappa shape index (κ1) is 16.0. The maximum Gasteiger partial charge on any atom is -0.00201 e. The molecule has 138 valence electrons. The van der Waals surface area contributed by atoms with Crippen molar-refractivity contribution in [2.75, 3.05) is 0 Å². The highest BCUT2D eigenvalue weighted by molar-refractivity contribution is 6.36. The summed E-state index contributed by atoms with van der Waals surface area (Å²) in [6.45, 7) is 0. The third-order valence-electron chi connectivity index (χ3n) is 6.57. The maximum absolute atomic E-state index is 2.39. The molecule has 0 amide bonds. The highest BCUT2D eigenvalue weighted by atomic mass is 14.2. The van der Waals surface area contributed by atoms with Gasteiger partial charge in [0.15, 0.2) is 0 Å². The van der Waals surface area contributed by atoms with Crippen molar-refractivity contribution in [1.29, 1.82) is 0 Å². The van der Waals surface area contributed by atoms with Crippen LogP contribution in [0.5, 0.6) is 0 Å². The molecule has 0 spiro atoms. The Kier molecular flexibility index (Phi) is 3.09. The van der Waals surface area contributed by atoms with Crippen molar-refractivity contribution in [1.82, 2.24) is 0 Å². The van der Waals surface area contributed by atoms with Gasteiger partial charge in [0.25, 0.3) is 0 Å². The van der Waals surface area contributed by atoms with Crippen molar-refractivity contribution in [2.45, 2.75) is 0 Å². The van der Waals surface area contributed by atoms with Crippen LogP contribution in [0.25, 0.3) is 64.6 Å². The highest BCUT2D eigenvalue weighted by Gasteiger charge is 2.14. The maximum atomic E-state index is 2.39. The summed E-state index contributed by atoms with van der Waals surface area (Å²) in [7, 11) is 0. The molecule has 0 heteroatoms. The van der Waals surface area contributed by atoms with E-state index < -0.39 is 0 Å². The molecule has 0 unspecified atom stereocenters. The van der Waals surface area contributed by atoms with Crippen LogP contribution in [0.4, 0.5) is 0 Å². The third kappa shape index (κ3) is 2.06. The number of benzene rings is 7. The van der Waals surface area contributed by atoms with Crippen LogP contribution in [0.15, 0.2) is 109 Å². The Morgan fingerprint density at radius 3 is 1.13 bits per heavy atom. The largest absolute Gasteiger partial charge is 0.0616 e. The average molecular weight is 378 g/mol. The zero-order chi connectivity index (χ0) is 19.7. The Morgan fingerprint density at radius 1 is 0.267 bits per heavy atom. The summed E-state index contributed by atoms with van der Waals surface area (Å²) in [6, 6.07) is 40.1. The Hall–Kier alpha value is -3.90. The van der Waals surface area contributed by atoms with E-state index in [2.05, 4.69) is 109 Å². The highest BCUT2D eigenvalue weighted by Crippen LogP contribution is 2.42. The second-order valence-electron chi connectivity index (χ2n) is 8.16. The molecule has 0 aromatic heterocycles. The zero-order valence-corrected chi connectivity index (χ0v) is 16.4. The number of fused-ring (bicyclic) bond motifs is 11. The van der Waals surface area contributed by atoms with E-state index in [0.717, 1.165) is 0 Å². The predicted octanol–water partition coefficient (Wildman–Crippen LogP) is 8.61. The fourth-order valence-electron chi connectivity index (χ4n) is 5.23. The molecule has 0 atom stereocenters. The zero-order valence-electron chi connectivity index (χ0n) is 16.4. The Balaban J connectivity index is 1.90. The minimum atomic E-state index is 1.29. The first-order valence-electron chi connectivity index (χ1n) is 10.5. The summed E-state index contributed by atoms with van der Waals surface area (Å²) in [5, 5.41) is 15.9. The van der Waals surface area contributed by atoms with E-state index in [1.54, 1.807) is 0 Å². The van der Waals surface area contributed by atoms with Crippen LogP contribution in [-0.4, -0.2) is 0 Å². The van der Waals surface area contributed by atoms with Crippen LogP contribution in [-0.2, 0) is 0 Å². The van der Waals surface area contributed by atoms with Crippen molar-refractivity contribution in [3.63, 3.8) is 0 Å². The summed E-state index contributed by atoms with van der Waals surface area (Å²) in [6.07, 6.45) is 0.